The number of hydrogen-bond donors (Lipinski definition) is 1. The van der Waals surface area contributed by atoms with Gasteiger partial charge in [-0.25, -0.2) is 4.98 Å². The lowest BCUT2D eigenvalue weighted by atomic mass is 9.82. The highest BCUT2D eigenvalue weighted by Gasteiger charge is 2.32. The van der Waals surface area contributed by atoms with Crippen LogP contribution in [0.1, 0.15) is 30.7 Å². The van der Waals surface area contributed by atoms with E-state index in [2.05, 4.69) is 23.5 Å². The predicted molar refractivity (Wildman–Crippen MR) is 93.7 cm³/mol. The van der Waals surface area contributed by atoms with Gasteiger partial charge in [0.05, 0.1) is 27.7 Å². The first-order valence-electron chi connectivity index (χ1n) is 7.99. The third-order valence-electron chi connectivity index (χ3n) is 4.20. The first kappa shape index (κ1) is 16.1. The Labute approximate surface area is 140 Å². The number of carbonyl (C=O) groups excluding carboxylic acids is 1. The quantitative estimate of drug-likeness (QED) is 0.854. The number of benzene rings is 1. The van der Waals surface area contributed by atoms with Crippen molar-refractivity contribution in [2.45, 2.75) is 31.7 Å². The normalized spacial score (nSPS) is 22.2. The van der Waals surface area contributed by atoms with E-state index >= 15 is 0 Å². The van der Waals surface area contributed by atoms with Crippen molar-refractivity contribution in [3.8, 4) is 0 Å². The molecule has 3 rings (SSSR count). The summed E-state index contributed by atoms with van der Waals surface area (Å²) in [4.78, 5) is 17.4. The molecule has 1 N–H and O–H groups in total. The van der Waals surface area contributed by atoms with E-state index in [-0.39, 0.29) is 23.8 Å². The summed E-state index contributed by atoms with van der Waals surface area (Å²) in [7, 11) is 1.65. The van der Waals surface area contributed by atoms with Gasteiger partial charge < -0.3 is 10.1 Å². The molecule has 3 atom stereocenters. The fourth-order valence-corrected chi connectivity index (χ4v) is 4.21. The Kier molecular flexibility index (Phi) is 5.08. The van der Waals surface area contributed by atoms with Crippen molar-refractivity contribution in [3.63, 3.8) is 0 Å². The van der Waals surface area contributed by atoms with Crippen molar-refractivity contribution in [1.82, 2.24) is 10.3 Å². The first-order chi connectivity index (χ1) is 11.2. The van der Waals surface area contributed by atoms with E-state index in [9.17, 15) is 4.79 Å². The number of para-hydroxylation sites is 1. The van der Waals surface area contributed by atoms with Gasteiger partial charge >= 0.3 is 0 Å². The molecule has 4 nitrogen and oxygen atoms in total. The standard InChI is InChI=1S/C18H22N2O2S/c1-12(11-22-2)19-17(21)13-7-3-4-8-14(13)18-20-15-9-5-6-10-16(15)23-18/h3-6,9-10,12-14H,7-8,11H2,1-2H3,(H,19,21). The zero-order valence-electron chi connectivity index (χ0n) is 13.5. The number of thiazole rings is 1. The molecular weight excluding hydrogens is 308 g/mol. The maximum absolute atomic E-state index is 12.7. The number of methoxy groups -OCH3 is 1. The second-order valence-corrected chi connectivity index (χ2v) is 7.10. The highest BCUT2D eigenvalue weighted by Crippen LogP contribution is 2.38. The lowest BCUT2D eigenvalue weighted by molar-refractivity contribution is -0.126. The first-order valence-corrected chi connectivity index (χ1v) is 8.80. The molecular formula is C18H22N2O2S. The molecule has 1 aliphatic rings. The minimum atomic E-state index is -0.0557. The van der Waals surface area contributed by atoms with Gasteiger partial charge in [-0.15, -0.1) is 11.3 Å². The van der Waals surface area contributed by atoms with Gasteiger partial charge in [0.1, 0.15) is 0 Å². The molecule has 0 radical (unpaired) electrons. The van der Waals surface area contributed by atoms with E-state index in [0.717, 1.165) is 23.4 Å². The fourth-order valence-electron chi connectivity index (χ4n) is 3.07. The van der Waals surface area contributed by atoms with E-state index in [1.165, 1.54) is 4.70 Å². The Bertz CT molecular complexity index is 677. The van der Waals surface area contributed by atoms with Crippen molar-refractivity contribution in [3.05, 3.63) is 41.4 Å². The molecule has 23 heavy (non-hydrogen) atoms. The Hall–Kier alpha value is -1.72. The van der Waals surface area contributed by atoms with E-state index in [1.54, 1.807) is 18.4 Å². The number of fused-ring (bicyclic) bond motifs is 1. The number of ether oxygens (including phenoxy) is 1. The van der Waals surface area contributed by atoms with Gasteiger partial charge in [0.25, 0.3) is 0 Å². The molecule has 2 aromatic rings. The second kappa shape index (κ2) is 7.23. The number of nitrogens with one attached hydrogen (secondary N) is 1. The van der Waals surface area contributed by atoms with Crippen molar-refractivity contribution < 1.29 is 9.53 Å². The Morgan fingerprint density at radius 3 is 2.96 bits per heavy atom. The van der Waals surface area contributed by atoms with Gasteiger partial charge in [0.2, 0.25) is 5.91 Å². The summed E-state index contributed by atoms with van der Waals surface area (Å²) in [6.45, 7) is 2.49. The molecule has 0 fully saturated rings. The van der Waals surface area contributed by atoms with Gasteiger partial charge in [0, 0.05) is 19.1 Å². The molecule has 0 saturated carbocycles. The van der Waals surface area contributed by atoms with Crippen molar-refractivity contribution in [1.29, 1.82) is 0 Å². The molecule has 0 aliphatic heterocycles. The van der Waals surface area contributed by atoms with Crippen LogP contribution in [0.15, 0.2) is 36.4 Å². The molecule has 0 saturated heterocycles. The number of amides is 1. The highest BCUT2D eigenvalue weighted by atomic mass is 32.1. The van der Waals surface area contributed by atoms with Crippen LogP contribution >= 0.6 is 11.3 Å². The predicted octanol–water partition coefficient (Wildman–Crippen LogP) is 3.50. The molecule has 1 amide bonds. The summed E-state index contributed by atoms with van der Waals surface area (Å²) in [5, 5.41) is 4.13. The third-order valence-corrected chi connectivity index (χ3v) is 5.37. The second-order valence-electron chi connectivity index (χ2n) is 6.04. The van der Waals surface area contributed by atoms with Gasteiger partial charge in [-0.3, -0.25) is 4.79 Å². The SMILES string of the molecule is COCC(C)NC(=O)C1CC=CCC1c1nc2ccccc2s1. The molecule has 122 valence electrons. The molecule has 0 spiro atoms. The topological polar surface area (TPSA) is 51.2 Å². The van der Waals surface area contributed by atoms with Crippen LogP contribution in [0.3, 0.4) is 0 Å². The highest BCUT2D eigenvalue weighted by molar-refractivity contribution is 7.18. The largest absolute Gasteiger partial charge is 0.383 e. The van der Waals surface area contributed by atoms with E-state index in [4.69, 9.17) is 9.72 Å². The van der Waals surface area contributed by atoms with Crippen molar-refractivity contribution in [2.75, 3.05) is 13.7 Å². The van der Waals surface area contributed by atoms with Crippen molar-refractivity contribution in [2.24, 2.45) is 5.92 Å². The van der Waals surface area contributed by atoms with E-state index in [1.807, 2.05) is 25.1 Å². The summed E-state index contributed by atoms with van der Waals surface area (Å²) in [6.07, 6.45) is 5.91. The molecule has 5 heteroatoms. The molecule has 1 aromatic carbocycles. The van der Waals surface area contributed by atoms with Gasteiger partial charge in [-0.05, 0) is 31.9 Å². The van der Waals surface area contributed by atoms with Crippen LogP contribution in [0.2, 0.25) is 0 Å². The van der Waals surface area contributed by atoms with Gasteiger partial charge in [-0.1, -0.05) is 24.3 Å². The lowest BCUT2D eigenvalue weighted by Gasteiger charge is -2.27. The maximum atomic E-state index is 12.7. The Balaban J connectivity index is 1.81. The Morgan fingerprint density at radius 1 is 1.39 bits per heavy atom. The summed E-state index contributed by atoms with van der Waals surface area (Å²) >= 11 is 1.70. The van der Waals surface area contributed by atoms with E-state index < -0.39 is 0 Å². The number of aromatic nitrogens is 1. The van der Waals surface area contributed by atoms with Gasteiger partial charge in [0.15, 0.2) is 0 Å². The van der Waals surface area contributed by atoms with Crippen LogP contribution in [0.4, 0.5) is 0 Å². The monoisotopic (exact) mass is 330 g/mol. The average Bonchev–Trinajstić information content (AvgIpc) is 2.99. The molecule has 0 bridgehead atoms. The van der Waals surface area contributed by atoms with Crippen LogP contribution in [0.25, 0.3) is 10.2 Å². The summed E-state index contributed by atoms with van der Waals surface area (Å²) in [6, 6.07) is 8.17. The number of nitrogens with zero attached hydrogens (tertiary/aromatic N) is 1. The van der Waals surface area contributed by atoms with Crippen LogP contribution < -0.4 is 5.32 Å². The van der Waals surface area contributed by atoms with Crippen LogP contribution in [-0.4, -0.2) is 30.6 Å². The lowest BCUT2D eigenvalue weighted by Crippen LogP contribution is -2.41. The fraction of sp³-hybridized carbons (Fsp3) is 0.444. The smallest absolute Gasteiger partial charge is 0.224 e. The summed E-state index contributed by atoms with van der Waals surface area (Å²) < 4.78 is 6.29. The third kappa shape index (κ3) is 3.62. The minimum Gasteiger partial charge on any atom is -0.383 e. The Morgan fingerprint density at radius 2 is 2.17 bits per heavy atom. The number of rotatable bonds is 5. The van der Waals surface area contributed by atoms with Crippen molar-refractivity contribution >= 4 is 27.5 Å². The summed E-state index contributed by atoms with van der Waals surface area (Å²) in [5.74, 6) is 0.204. The number of allylic oxidation sites excluding steroid dienone is 2. The van der Waals surface area contributed by atoms with Gasteiger partial charge in [-0.2, -0.15) is 0 Å². The zero-order chi connectivity index (χ0) is 16.2. The average molecular weight is 330 g/mol. The van der Waals surface area contributed by atoms with Crippen LogP contribution in [0.5, 0.6) is 0 Å². The molecule has 1 heterocycles. The minimum absolute atomic E-state index is 0.0226. The summed E-state index contributed by atoms with van der Waals surface area (Å²) in [5.41, 5.74) is 1.02. The molecule has 1 aliphatic carbocycles. The molecule has 3 unspecified atom stereocenters. The van der Waals surface area contributed by atoms with Crippen LogP contribution in [0, 0.1) is 5.92 Å². The number of carbonyl (C=O) groups is 1. The molecule has 1 aromatic heterocycles. The maximum Gasteiger partial charge on any atom is 0.224 e. The zero-order valence-corrected chi connectivity index (χ0v) is 14.3. The van der Waals surface area contributed by atoms with Crippen LogP contribution in [-0.2, 0) is 9.53 Å². The number of hydrogen-bond acceptors (Lipinski definition) is 4. The van der Waals surface area contributed by atoms with E-state index in [0.29, 0.717) is 6.61 Å².